The highest BCUT2D eigenvalue weighted by molar-refractivity contribution is 5.97. The van der Waals surface area contributed by atoms with Crippen LogP contribution in [0.5, 0.6) is 5.75 Å². The number of benzene rings is 1. The Balaban J connectivity index is 1.68. The van der Waals surface area contributed by atoms with Crippen molar-refractivity contribution in [2.75, 3.05) is 6.54 Å². The molecule has 1 aromatic carbocycles. The smallest absolute Gasteiger partial charge is 0.255 e. The van der Waals surface area contributed by atoms with Crippen LogP contribution in [0.4, 0.5) is 0 Å². The van der Waals surface area contributed by atoms with Crippen molar-refractivity contribution < 1.29 is 9.53 Å². The number of rotatable bonds is 3. The third-order valence-corrected chi connectivity index (χ3v) is 5.06. The second-order valence-electron chi connectivity index (χ2n) is 6.55. The van der Waals surface area contributed by atoms with E-state index in [0.29, 0.717) is 17.4 Å². The number of hydrogen-bond acceptors (Lipinski definition) is 2. The summed E-state index contributed by atoms with van der Waals surface area (Å²) in [5.41, 5.74) is 1.85. The molecule has 21 heavy (non-hydrogen) atoms. The van der Waals surface area contributed by atoms with Gasteiger partial charge in [0.1, 0.15) is 11.9 Å². The van der Waals surface area contributed by atoms with E-state index < -0.39 is 0 Å². The van der Waals surface area contributed by atoms with E-state index in [-0.39, 0.29) is 12.0 Å². The SMILES string of the molecule is C[C@@H]1c2cccc(C(=O)NCC3CCCCC3)c2O[C@@H]1C. The summed E-state index contributed by atoms with van der Waals surface area (Å²) in [7, 11) is 0. The van der Waals surface area contributed by atoms with E-state index in [1.807, 2.05) is 12.1 Å². The zero-order chi connectivity index (χ0) is 14.8. The van der Waals surface area contributed by atoms with E-state index in [1.54, 1.807) is 0 Å². The van der Waals surface area contributed by atoms with E-state index in [2.05, 4.69) is 25.2 Å². The third kappa shape index (κ3) is 2.92. The molecule has 1 fully saturated rings. The number of carbonyl (C=O) groups is 1. The van der Waals surface area contributed by atoms with Gasteiger partial charge in [-0.05, 0) is 31.7 Å². The summed E-state index contributed by atoms with van der Waals surface area (Å²) in [4.78, 5) is 12.5. The largest absolute Gasteiger partial charge is 0.489 e. The molecule has 1 amide bonds. The zero-order valence-corrected chi connectivity index (χ0v) is 13.0. The van der Waals surface area contributed by atoms with Crippen LogP contribution in [-0.2, 0) is 0 Å². The van der Waals surface area contributed by atoms with Crippen LogP contribution >= 0.6 is 0 Å². The molecule has 1 saturated carbocycles. The minimum atomic E-state index is 0.0127. The van der Waals surface area contributed by atoms with Crippen LogP contribution in [0, 0.1) is 5.92 Å². The summed E-state index contributed by atoms with van der Waals surface area (Å²) in [5, 5.41) is 3.11. The molecular weight excluding hydrogens is 262 g/mol. The molecule has 0 aromatic heterocycles. The molecule has 1 aliphatic carbocycles. The van der Waals surface area contributed by atoms with Crippen LogP contribution in [0.15, 0.2) is 18.2 Å². The van der Waals surface area contributed by atoms with E-state index in [1.165, 1.54) is 32.1 Å². The Morgan fingerprint density at radius 1 is 1.24 bits per heavy atom. The van der Waals surface area contributed by atoms with Gasteiger partial charge in [0, 0.05) is 18.0 Å². The van der Waals surface area contributed by atoms with Gasteiger partial charge in [-0.25, -0.2) is 0 Å². The maximum Gasteiger partial charge on any atom is 0.255 e. The summed E-state index contributed by atoms with van der Waals surface area (Å²) in [6, 6.07) is 5.91. The second-order valence-corrected chi connectivity index (χ2v) is 6.55. The highest BCUT2D eigenvalue weighted by atomic mass is 16.5. The van der Waals surface area contributed by atoms with Crippen LogP contribution in [0.25, 0.3) is 0 Å². The van der Waals surface area contributed by atoms with Crippen molar-refractivity contribution in [1.29, 1.82) is 0 Å². The summed E-state index contributed by atoms with van der Waals surface area (Å²) >= 11 is 0. The molecule has 3 rings (SSSR count). The lowest BCUT2D eigenvalue weighted by Gasteiger charge is -2.22. The van der Waals surface area contributed by atoms with Gasteiger partial charge in [-0.1, -0.05) is 38.3 Å². The lowest BCUT2D eigenvalue weighted by molar-refractivity contribution is 0.0938. The van der Waals surface area contributed by atoms with Gasteiger partial charge in [-0.2, -0.15) is 0 Å². The standard InChI is InChI=1S/C18H25NO2/c1-12-13(2)21-17-15(12)9-6-10-16(17)18(20)19-11-14-7-4-3-5-8-14/h6,9-10,12-14H,3-5,7-8,11H2,1-2H3,(H,19,20)/t12-,13+/m0/s1. The maximum absolute atomic E-state index is 12.5. The number of para-hydroxylation sites is 1. The van der Waals surface area contributed by atoms with Gasteiger partial charge < -0.3 is 10.1 Å². The van der Waals surface area contributed by atoms with Gasteiger partial charge in [0.25, 0.3) is 5.91 Å². The molecule has 0 saturated heterocycles. The summed E-state index contributed by atoms with van der Waals surface area (Å²) < 4.78 is 5.90. The minimum Gasteiger partial charge on any atom is -0.489 e. The fourth-order valence-corrected chi connectivity index (χ4v) is 3.49. The van der Waals surface area contributed by atoms with Gasteiger partial charge in [-0.3, -0.25) is 4.79 Å². The van der Waals surface area contributed by atoms with Gasteiger partial charge >= 0.3 is 0 Å². The molecule has 0 radical (unpaired) electrons. The van der Waals surface area contributed by atoms with Crippen LogP contribution in [-0.4, -0.2) is 18.6 Å². The quantitative estimate of drug-likeness (QED) is 0.916. The molecule has 2 atom stereocenters. The van der Waals surface area contributed by atoms with Gasteiger partial charge in [0.2, 0.25) is 0 Å². The third-order valence-electron chi connectivity index (χ3n) is 5.06. The average molecular weight is 287 g/mol. The number of hydrogen-bond donors (Lipinski definition) is 1. The highest BCUT2D eigenvalue weighted by Crippen LogP contribution is 2.40. The Morgan fingerprint density at radius 2 is 2.00 bits per heavy atom. The molecule has 1 aliphatic heterocycles. The van der Waals surface area contributed by atoms with Crippen molar-refractivity contribution >= 4 is 5.91 Å². The molecule has 3 heteroatoms. The molecule has 1 aromatic rings. The number of carbonyl (C=O) groups excluding carboxylic acids is 1. The Bertz CT molecular complexity index is 520. The van der Waals surface area contributed by atoms with Crippen LogP contribution < -0.4 is 10.1 Å². The van der Waals surface area contributed by atoms with Crippen molar-refractivity contribution in [3.05, 3.63) is 29.3 Å². The first-order valence-electron chi connectivity index (χ1n) is 8.24. The molecular formula is C18H25NO2. The number of nitrogens with one attached hydrogen (secondary N) is 1. The van der Waals surface area contributed by atoms with Crippen LogP contribution in [0.1, 0.15) is 67.8 Å². The summed E-state index contributed by atoms with van der Waals surface area (Å²) in [6.07, 6.45) is 6.60. The fourth-order valence-electron chi connectivity index (χ4n) is 3.49. The van der Waals surface area contributed by atoms with Crippen LogP contribution in [0.3, 0.4) is 0 Å². The van der Waals surface area contributed by atoms with Crippen molar-refractivity contribution in [2.45, 2.75) is 58.0 Å². The Hall–Kier alpha value is -1.51. The van der Waals surface area contributed by atoms with Crippen LogP contribution in [0.2, 0.25) is 0 Å². The minimum absolute atomic E-state index is 0.0127. The first-order valence-corrected chi connectivity index (χ1v) is 8.24. The van der Waals surface area contributed by atoms with E-state index in [0.717, 1.165) is 17.9 Å². The predicted molar refractivity (Wildman–Crippen MR) is 83.9 cm³/mol. The molecule has 0 bridgehead atoms. The maximum atomic E-state index is 12.5. The highest BCUT2D eigenvalue weighted by Gasteiger charge is 2.31. The Morgan fingerprint density at radius 3 is 2.76 bits per heavy atom. The summed E-state index contributed by atoms with van der Waals surface area (Å²) in [6.45, 7) is 5.02. The fraction of sp³-hybridized carbons (Fsp3) is 0.611. The second kappa shape index (κ2) is 6.08. The molecule has 114 valence electrons. The molecule has 2 aliphatic rings. The van der Waals surface area contributed by atoms with Gasteiger partial charge in [-0.15, -0.1) is 0 Å². The molecule has 1 heterocycles. The molecule has 0 unspecified atom stereocenters. The lowest BCUT2D eigenvalue weighted by atomic mass is 9.89. The van der Waals surface area contributed by atoms with Crippen molar-refractivity contribution in [3.63, 3.8) is 0 Å². The zero-order valence-electron chi connectivity index (χ0n) is 13.0. The van der Waals surface area contributed by atoms with E-state index in [9.17, 15) is 4.79 Å². The van der Waals surface area contributed by atoms with Crippen molar-refractivity contribution in [2.24, 2.45) is 5.92 Å². The van der Waals surface area contributed by atoms with E-state index >= 15 is 0 Å². The normalized spacial score (nSPS) is 25.2. The average Bonchev–Trinajstić information content (AvgIpc) is 2.81. The predicted octanol–water partition coefficient (Wildman–Crippen LogP) is 3.88. The summed E-state index contributed by atoms with van der Waals surface area (Å²) in [5.74, 6) is 1.81. The monoisotopic (exact) mass is 287 g/mol. The lowest BCUT2D eigenvalue weighted by Crippen LogP contribution is -2.30. The number of fused-ring (bicyclic) bond motifs is 1. The number of amides is 1. The molecule has 0 spiro atoms. The Labute approximate surface area is 127 Å². The topological polar surface area (TPSA) is 38.3 Å². The van der Waals surface area contributed by atoms with E-state index in [4.69, 9.17) is 4.74 Å². The van der Waals surface area contributed by atoms with Crippen molar-refractivity contribution in [3.8, 4) is 5.75 Å². The number of ether oxygens (including phenoxy) is 1. The first-order chi connectivity index (χ1) is 10.2. The Kier molecular flexibility index (Phi) is 4.18. The first kappa shape index (κ1) is 14.4. The van der Waals surface area contributed by atoms with Crippen molar-refractivity contribution in [1.82, 2.24) is 5.32 Å². The molecule has 1 N–H and O–H groups in total. The molecule has 3 nitrogen and oxygen atoms in total. The van der Waals surface area contributed by atoms with Gasteiger partial charge in [0.15, 0.2) is 0 Å². The van der Waals surface area contributed by atoms with Gasteiger partial charge in [0.05, 0.1) is 5.56 Å².